The zero-order valence-corrected chi connectivity index (χ0v) is 6.92. The lowest BCUT2D eigenvalue weighted by molar-refractivity contribution is 0.369. The first-order valence-corrected chi connectivity index (χ1v) is 3.99. The molecule has 0 saturated carbocycles. The standard InChI is InChI=1S/C8H18N2O/c1-7(11)6-8(10)4-2-3-5-9/h8,11H,1-6,9-10H2/t8-/m0/s1. The summed E-state index contributed by atoms with van der Waals surface area (Å²) in [6, 6.07) is 0.0408. The van der Waals surface area contributed by atoms with Crippen molar-refractivity contribution in [3.63, 3.8) is 0 Å². The van der Waals surface area contributed by atoms with Crippen LogP contribution in [0.5, 0.6) is 0 Å². The Labute approximate surface area is 68.1 Å². The largest absolute Gasteiger partial charge is 0.513 e. The normalized spacial score (nSPS) is 12.9. The molecule has 3 heteroatoms. The topological polar surface area (TPSA) is 72.3 Å². The van der Waals surface area contributed by atoms with Gasteiger partial charge < -0.3 is 16.6 Å². The van der Waals surface area contributed by atoms with Crippen LogP contribution in [0.15, 0.2) is 12.3 Å². The molecule has 0 aliphatic carbocycles. The van der Waals surface area contributed by atoms with Crippen LogP contribution in [-0.4, -0.2) is 17.7 Å². The molecule has 0 aromatic heterocycles. The molecular formula is C8H18N2O. The summed E-state index contributed by atoms with van der Waals surface area (Å²) in [5.41, 5.74) is 11.0. The van der Waals surface area contributed by atoms with E-state index in [-0.39, 0.29) is 11.8 Å². The number of nitrogens with two attached hydrogens (primary N) is 2. The van der Waals surface area contributed by atoms with Crippen LogP contribution in [-0.2, 0) is 0 Å². The molecule has 0 radical (unpaired) electrons. The smallest absolute Gasteiger partial charge is 0.0866 e. The summed E-state index contributed by atoms with van der Waals surface area (Å²) in [5.74, 6) is 0.172. The Kier molecular flexibility index (Phi) is 5.88. The Balaban J connectivity index is 3.22. The first-order chi connectivity index (χ1) is 5.16. The number of hydrogen-bond acceptors (Lipinski definition) is 3. The van der Waals surface area contributed by atoms with Crippen molar-refractivity contribution in [2.24, 2.45) is 11.5 Å². The number of aliphatic hydroxyl groups is 1. The first-order valence-electron chi connectivity index (χ1n) is 3.99. The summed E-state index contributed by atoms with van der Waals surface area (Å²) in [6.07, 6.45) is 3.46. The Bertz CT molecular complexity index is 115. The maximum absolute atomic E-state index is 8.78. The number of aliphatic hydroxyl groups excluding tert-OH is 1. The van der Waals surface area contributed by atoms with Crippen molar-refractivity contribution in [2.75, 3.05) is 6.54 Å². The van der Waals surface area contributed by atoms with E-state index < -0.39 is 0 Å². The average Bonchev–Trinajstić information content (AvgIpc) is 1.86. The van der Waals surface area contributed by atoms with E-state index in [4.69, 9.17) is 16.6 Å². The van der Waals surface area contributed by atoms with Gasteiger partial charge in [0.25, 0.3) is 0 Å². The van der Waals surface area contributed by atoms with Gasteiger partial charge in [-0.1, -0.05) is 13.0 Å². The average molecular weight is 158 g/mol. The van der Waals surface area contributed by atoms with Gasteiger partial charge in [-0.15, -0.1) is 0 Å². The molecule has 0 heterocycles. The van der Waals surface area contributed by atoms with Gasteiger partial charge in [-0.05, 0) is 19.4 Å². The fourth-order valence-electron chi connectivity index (χ4n) is 0.956. The summed E-state index contributed by atoms with van der Waals surface area (Å²) >= 11 is 0. The van der Waals surface area contributed by atoms with Gasteiger partial charge in [0.2, 0.25) is 0 Å². The van der Waals surface area contributed by atoms with Gasteiger partial charge in [-0.25, -0.2) is 0 Å². The molecule has 0 spiro atoms. The summed E-state index contributed by atoms with van der Waals surface area (Å²) in [7, 11) is 0. The molecule has 0 bridgehead atoms. The van der Waals surface area contributed by atoms with Gasteiger partial charge in [0, 0.05) is 12.5 Å². The van der Waals surface area contributed by atoms with Gasteiger partial charge in [0.1, 0.15) is 0 Å². The number of rotatable bonds is 6. The maximum Gasteiger partial charge on any atom is 0.0866 e. The molecule has 0 saturated heterocycles. The zero-order chi connectivity index (χ0) is 8.69. The van der Waals surface area contributed by atoms with Gasteiger partial charge in [-0.2, -0.15) is 0 Å². The van der Waals surface area contributed by atoms with Crippen LogP contribution in [0.2, 0.25) is 0 Å². The number of hydrogen-bond donors (Lipinski definition) is 3. The minimum Gasteiger partial charge on any atom is -0.513 e. The van der Waals surface area contributed by atoms with Gasteiger partial charge in [0.15, 0.2) is 0 Å². The molecular weight excluding hydrogens is 140 g/mol. The van der Waals surface area contributed by atoms with E-state index in [0.29, 0.717) is 13.0 Å². The summed E-state index contributed by atoms with van der Waals surface area (Å²) in [6.45, 7) is 4.09. The van der Waals surface area contributed by atoms with Gasteiger partial charge in [0.05, 0.1) is 5.76 Å². The van der Waals surface area contributed by atoms with Crippen LogP contribution in [0.3, 0.4) is 0 Å². The summed E-state index contributed by atoms with van der Waals surface area (Å²) in [4.78, 5) is 0. The molecule has 66 valence electrons. The van der Waals surface area contributed by atoms with E-state index in [0.717, 1.165) is 19.3 Å². The minimum absolute atomic E-state index is 0.0408. The minimum atomic E-state index is 0.0408. The highest BCUT2D eigenvalue weighted by atomic mass is 16.3. The predicted molar refractivity (Wildman–Crippen MR) is 47.3 cm³/mol. The quantitative estimate of drug-likeness (QED) is 0.397. The fourth-order valence-corrected chi connectivity index (χ4v) is 0.956. The lowest BCUT2D eigenvalue weighted by atomic mass is 10.1. The van der Waals surface area contributed by atoms with Gasteiger partial charge >= 0.3 is 0 Å². The van der Waals surface area contributed by atoms with Gasteiger partial charge in [-0.3, -0.25) is 0 Å². The van der Waals surface area contributed by atoms with E-state index in [1.807, 2.05) is 0 Å². The molecule has 0 amide bonds. The van der Waals surface area contributed by atoms with Crippen molar-refractivity contribution in [3.05, 3.63) is 12.3 Å². The van der Waals surface area contributed by atoms with Crippen LogP contribution in [0.4, 0.5) is 0 Å². The third-order valence-corrected chi connectivity index (χ3v) is 1.53. The SMILES string of the molecule is C=C(O)C[C@@H](N)CCCCN. The second kappa shape index (κ2) is 6.19. The van der Waals surface area contributed by atoms with Crippen molar-refractivity contribution in [2.45, 2.75) is 31.7 Å². The van der Waals surface area contributed by atoms with Crippen LogP contribution in [0, 0.1) is 0 Å². The molecule has 0 aromatic rings. The Morgan fingerprint density at radius 2 is 2.09 bits per heavy atom. The monoisotopic (exact) mass is 158 g/mol. The van der Waals surface area contributed by atoms with E-state index in [1.54, 1.807) is 0 Å². The molecule has 11 heavy (non-hydrogen) atoms. The highest BCUT2D eigenvalue weighted by Gasteiger charge is 2.02. The Hall–Kier alpha value is -0.540. The van der Waals surface area contributed by atoms with Crippen LogP contribution >= 0.6 is 0 Å². The van der Waals surface area contributed by atoms with Crippen molar-refractivity contribution >= 4 is 0 Å². The lowest BCUT2D eigenvalue weighted by Crippen LogP contribution is -2.20. The lowest BCUT2D eigenvalue weighted by Gasteiger charge is -2.09. The summed E-state index contributed by atoms with van der Waals surface area (Å²) in [5, 5.41) is 8.78. The summed E-state index contributed by atoms with van der Waals surface area (Å²) < 4.78 is 0. The maximum atomic E-state index is 8.78. The third kappa shape index (κ3) is 7.36. The van der Waals surface area contributed by atoms with E-state index in [1.165, 1.54) is 0 Å². The molecule has 1 atom stereocenters. The Morgan fingerprint density at radius 3 is 2.55 bits per heavy atom. The fraction of sp³-hybridized carbons (Fsp3) is 0.750. The van der Waals surface area contributed by atoms with Crippen LogP contribution in [0.1, 0.15) is 25.7 Å². The highest BCUT2D eigenvalue weighted by molar-refractivity contribution is 4.83. The van der Waals surface area contributed by atoms with Crippen molar-refractivity contribution in [3.8, 4) is 0 Å². The van der Waals surface area contributed by atoms with Crippen molar-refractivity contribution in [1.29, 1.82) is 0 Å². The zero-order valence-electron chi connectivity index (χ0n) is 6.92. The molecule has 0 rings (SSSR count). The first kappa shape index (κ1) is 10.5. The number of unbranched alkanes of at least 4 members (excludes halogenated alkanes) is 1. The van der Waals surface area contributed by atoms with Crippen LogP contribution < -0.4 is 11.5 Å². The molecule has 0 aliphatic heterocycles. The highest BCUT2D eigenvalue weighted by Crippen LogP contribution is 2.04. The molecule has 5 N–H and O–H groups in total. The molecule has 0 aliphatic rings. The van der Waals surface area contributed by atoms with E-state index >= 15 is 0 Å². The Morgan fingerprint density at radius 1 is 1.45 bits per heavy atom. The van der Waals surface area contributed by atoms with Crippen LogP contribution in [0.25, 0.3) is 0 Å². The van der Waals surface area contributed by atoms with Crippen molar-refractivity contribution < 1.29 is 5.11 Å². The molecule has 0 unspecified atom stereocenters. The van der Waals surface area contributed by atoms with E-state index in [2.05, 4.69) is 6.58 Å². The molecule has 3 nitrogen and oxygen atoms in total. The second-order valence-corrected chi connectivity index (χ2v) is 2.81. The third-order valence-electron chi connectivity index (χ3n) is 1.53. The second-order valence-electron chi connectivity index (χ2n) is 2.81. The molecule has 0 aromatic carbocycles. The molecule has 0 fully saturated rings. The van der Waals surface area contributed by atoms with E-state index in [9.17, 15) is 0 Å². The predicted octanol–water partition coefficient (Wildman–Crippen LogP) is 0.904. The van der Waals surface area contributed by atoms with Crippen molar-refractivity contribution in [1.82, 2.24) is 0 Å².